The van der Waals surface area contributed by atoms with Crippen molar-refractivity contribution in [1.29, 1.82) is 0 Å². The van der Waals surface area contributed by atoms with Crippen molar-refractivity contribution in [2.75, 3.05) is 6.54 Å². The molecule has 2 bridgehead atoms. The minimum Gasteiger partial charge on any atom is -0.332 e. The van der Waals surface area contributed by atoms with Gasteiger partial charge in [-0.3, -0.25) is 9.59 Å². The van der Waals surface area contributed by atoms with Crippen LogP contribution in [0.2, 0.25) is 0 Å². The number of carbonyl (C=O) groups is 2. The van der Waals surface area contributed by atoms with E-state index in [1.165, 1.54) is 0 Å². The summed E-state index contributed by atoms with van der Waals surface area (Å²) < 4.78 is 0. The molecule has 0 aromatic heterocycles. The highest BCUT2D eigenvalue weighted by Crippen LogP contribution is 2.59. The van der Waals surface area contributed by atoms with Gasteiger partial charge in [-0.1, -0.05) is 27.2 Å². The van der Waals surface area contributed by atoms with Crippen molar-refractivity contribution < 1.29 is 9.59 Å². The smallest absolute Gasteiger partial charge is 0.222 e. The molecule has 2 saturated heterocycles. The Morgan fingerprint density at radius 1 is 1.35 bits per heavy atom. The molecule has 0 aromatic carbocycles. The molecule has 1 saturated carbocycles. The summed E-state index contributed by atoms with van der Waals surface area (Å²) in [6.07, 6.45) is 2.74. The summed E-state index contributed by atoms with van der Waals surface area (Å²) in [6, 6.07) is -0.155. The van der Waals surface area contributed by atoms with Gasteiger partial charge in [0, 0.05) is 13.0 Å². The van der Waals surface area contributed by atoms with E-state index < -0.39 is 0 Å². The topological polar surface area (TPSA) is 37.4 Å². The van der Waals surface area contributed by atoms with E-state index in [-0.39, 0.29) is 23.1 Å². The molecule has 4 unspecified atom stereocenters. The Hall–Kier alpha value is -0.860. The summed E-state index contributed by atoms with van der Waals surface area (Å²) in [5, 5.41) is 0. The van der Waals surface area contributed by atoms with Gasteiger partial charge in [0.15, 0.2) is 5.78 Å². The first-order chi connectivity index (χ1) is 7.95. The maximum Gasteiger partial charge on any atom is 0.222 e. The van der Waals surface area contributed by atoms with Crippen LogP contribution in [0.25, 0.3) is 0 Å². The number of rotatable bonds is 3. The van der Waals surface area contributed by atoms with Crippen LogP contribution in [-0.2, 0) is 9.59 Å². The molecule has 3 fully saturated rings. The number of hydrogen-bond donors (Lipinski definition) is 0. The molecule has 0 spiro atoms. The van der Waals surface area contributed by atoms with Gasteiger partial charge >= 0.3 is 0 Å². The third kappa shape index (κ3) is 1.62. The molecule has 1 amide bonds. The highest BCUT2D eigenvalue weighted by molar-refractivity contribution is 5.88. The van der Waals surface area contributed by atoms with Crippen molar-refractivity contribution in [1.82, 2.24) is 4.90 Å². The largest absolute Gasteiger partial charge is 0.332 e. The summed E-state index contributed by atoms with van der Waals surface area (Å²) in [4.78, 5) is 25.6. The third-order valence-electron chi connectivity index (χ3n) is 5.25. The first-order valence-electron chi connectivity index (χ1n) is 6.75. The maximum atomic E-state index is 11.9. The van der Waals surface area contributed by atoms with Crippen LogP contribution >= 0.6 is 0 Å². The zero-order valence-electron chi connectivity index (χ0n) is 11.3. The number of nitrogens with zero attached hydrogens (tertiary/aromatic N) is 1. The molecule has 2 aliphatic heterocycles. The van der Waals surface area contributed by atoms with Gasteiger partial charge in [-0.25, -0.2) is 0 Å². The molecular formula is C14H23NO2. The van der Waals surface area contributed by atoms with Gasteiger partial charge in [-0.2, -0.15) is 0 Å². The maximum absolute atomic E-state index is 11.9. The number of ketones is 1. The molecule has 2 heterocycles. The van der Waals surface area contributed by atoms with E-state index in [9.17, 15) is 9.59 Å². The monoisotopic (exact) mass is 237 g/mol. The van der Waals surface area contributed by atoms with E-state index in [1.54, 1.807) is 6.92 Å². The van der Waals surface area contributed by atoms with Gasteiger partial charge in [0.25, 0.3) is 0 Å². The second-order valence-corrected chi connectivity index (χ2v) is 5.85. The van der Waals surface area contributed by atoms with E-state index in [0.29, 0.717) is 18.3 Å². The predicted octanol–water partition coefficient (Wildman–Crippen LogP) is 2.25. The number of fused-ring (bicyclic) bond motifs is 2. The van der Waals surface area contributed by atoms with Crippen LogP contribution in [0.5, 0.6) is 0 Å². The Morgan fingerprint density at radius 3 is 2.47 bits per heavy atom. The molecule has 96 valence electrons. The minimum atomic E-state index is -0.155. The summed E-state index contributed by atoms with van der Waals surface area (Å²) in [7, 11) is 0. The van der Waals surface area contributed by atoms with Crippen molar-refractivity contribution in [3.05, 3.63) is 0 Å². The lowest BCUT2D eigenvalue weighted by Crippen LogP contribution is -2.68. The highest BCUT2D eigenvalue weighted by atomic mass is 16.2. The summed E-state index contributed by atoms with van der Waals surface area (Å²) >= 11 is 0. The lowest BCUT2D eigenvalue weighted by atomic mass is 9.47. The summed E-state index contributed by atoms with van der Waals surface area (Å²) in [6.45, 7) is 8.79. The van der Waals surface area contributed by atoms with Crippen LogP contribution in [0.3, 0.4) is 0 Å². The Morgan fingerprint density at radius 2 is 2.00 bits per heavy atom. The van der Waals surface area contributed by atoms with E-state index in [0.717, 1.165) is 19.4 Å². The molecule has 1 aliphatic carbocycles. The molecular weight excluding hydrogens is 214 g/mol. The van der Waals surface area contributed by atoms with Crippen LogP contribution in [0, 0.1) is 17.3 Å². The van der Waals surface area contributed by atoms with E-state index in [2.05, 4.69) is 13.8 Å². The SMILES string of the molecule is CCC(=O)N1CC2CC(C1C(C)=O)C2(C)CC. The van der Waals surface area contributed by atoms with Crippen molar-refractivity contribution >= 4 is 11.7 Å². The van der Waals surface area contributed by atoms with Gasteiger partial charge in [-0.05, 0) is 30.6 Å². The Labute approximate surface area is 104 Å². The predicted molar refractivity (Wildman–Crippen MR) is 66.5 cm³/mol. The molecule has 0 N–H and O–H groups in total. The first-order valence-corrected chi connectivity index (χ1v) is 6.75. The Bertz CT molecular complexity index is 352. The minimum absolute atomic E-state index is 0.137. The van der Waals surface area contributed by atoms with E-state index >= 15 is 0 Å². The van der Waals surface area contributed by atoms with E-state index in [1.807, 2.05) is 11.8 Å². The lowest BCUT2D eigenvalue weighted by Gasteiger charge is -2.64. The quantitative estimate of drug-likeness (QED) is 0.755. The molecule has 3 heteroatoms. The lowest BCUT2D eigenvalue weighted by molar-refractivity contribution is -0.178. The molecule has 0 radical (unpaired) electrons. The van der Waals surface area contributed by atoms with Crippen LogP contribution in [0.15, 0.2) is 0 Å². The van der Waals surface area contributed by atoms with Crippen molar-refractivity contribution in [3.63, 3.8) is 0 Å². The van der Waals surface area contributed by atoms with Crippen LogP contribution in [0.1, 0.15) is 47.0 Å². The van der Waals surface area contributed by atoms with Crippen molar-refractivity contribution in [2.24, 2.45) is 17.3 Å². The van der Waals surface area contributed by atoms with E-state index in [4.69, 9.17) is 0 Å². The number of piperidine rings is 2. The fourth-order valence-electron chi connectivity index (χ4n) is 3.84. The van der Waals surface area contributed by atoms with Gasteiger partial charge in [0.05, 0.1) is 6.04 Å². The highest BCUT2D eigenvalue weighted by Gasteiger charge is 2.60. The first kappa shape index (κ1) is 12.6. The normalized spacial score (nSPS) is 39.8. The molecule has 3 rings (SSSR count). The number of carbonyl (C=O) groups excluding carboxylic acids is 2. The molecule has 3 nitrogen and oxygen atoms in total. The Kier molecular flexibility index (Phi) is 3.04. The standard InChI is InChI=1S/C14H23NO2/c1-5-12(17)15-8-10-7-11(13(15)9(3)16)14(10,4)6-2/h10-11,13H,5-8H2,1-4H3. The average molecular weight is 237 g/mol. The average Bonchev–Trinajstić information content (AvgIpc) is 2.35. The fraction of sp³-hybridized carbons (Fsp3) is 0.857. The van der Waals surface area contributed by atoms with Gasteiger partial charge in [0.2, 0.25) is 5.91 Å². The summed E-state index contributed by atoms with van der Waals surface area (Å²) in [5.41, 5.74) is 0.279. The molecule has 0 aromatic rings. The second kappa shape index (κ2) is 4.11. The van der Waals surface area contributed by atoms with Gasteiger partial charge in [0.1, 0.15) is 0 Å². The second-order valence-electron chi connectivity index (χ2n) is 5.85. The zero-order valence-corrected chi connectivity index (χ0v) is 11.3. The van der Waals surface area contributed by atoms with Crippen LogP contribution in [0.4, 0.5) is 0 Å². The number of Topliss-reactive ketones (excluding diaryl/α,β-unsaturated/α-hetero) is 1. The molecule has 17 heavy (non-hydrogen) atoms. The van der Waals surface area contributed by atoms with Gasteiger partial charge < -0.3 is 4.90 Å². The molecule has 4 atom stereocenters. The number of hydrogen-bond acceptors (Lipinski definition) is 2. The van der Waals surface area contributed by atoms with Gasteiger partial charge in [-0.15, -0.1) is 0 Å². The zero-order chi connectivity index (χ0) is 12.8. The van der Waals surface area contributed by atoms with Crippen molar-refractivity contribution in [2.45, 2.75) is 53.0 Å². The summed E-state index contributed by atoms with van der Waals surface area (Å²) in [5.74, 6) is 1.29. The van der Waals surface area contributed by atoms with Crippen LogP contribution < -0.4 is 0 Å². The van der Waals surface area contributed by atoms with Crippen molar-refractivity contribution in [3.8, 4) is 0 Å². The third-order valence-corrected chi connectivity index (χ3v) is 5.25. The number of amides is 1. The van der Waals surface area contributed by atoms with Crippen LogP contribution in [-0.4, -0.2) is 29.2 Å². The molecule has 3 aliphatic rings. The fourth-order valence-corrected chi connectivity index (χ4v) is 3.84. The Balaban J connectivity index is 2.26.